The second-order valence-corrected chi connectivity index (χ2v) is 4.63. The Bertz CT molecular complexity index is 442. The van der Waals surface area contributed by atoms with Crippen LogP contribution in [0.15, 0.2) is 5.38 Å². The highest BCUT2D eigenvalue weighted by molar-refractivity contribution is 7.09. The predicted octanol–water partition coefficient (Wildman–Crippen LogP) is 0.383. The first-order valence-electron chi connectivity index (χ1n) is 5.45. The number of aromatic carboxylic acids is 1. The third-order valence-electron chi connectivity index (χ3n) is 2.46. The van der Waals surface area contributed by atoms with Crippen LogP contribution in [0.1, 0.15) is 15.5 Å². The number of nitrogens with zero attached hydrogens (tertiary/aromatic N) is 2. The molecular formula is C10H13N3O4S. The summed E-state index contributed by atoms with van der Waals surface area (Å²) in [7, 11) is 0. The molecule has 8 heteroatoms. The predicted molar refractivity (Wildman–Crippen MR) is 63.7 cm³/mol. The zero-order chi connectivity index (χ0) is 13.0. The van der Waals surface area contributed by atoms with Crippen molar-refractivity contribution in [2.24, 2.45) is 0 Å². The Morgan fingerprint density at radius 3 is 2.83 bits per heavy atom. The third kappa shape index (κ3) is 3.17. The highest BCUT2D eigenvalue weighted by atomic mass is 32.1. The van der Waals surface area contributed by atoms with Gasteiger partial charge in [-0.2, -0.15) is 0 Å². The van der Waals surface area contributed by atoms with Gasteiger partial charge in [-0.05, 0) is 0 Å². The Kier molecular flexibility index (Phi) is 4.11. The van der Waals surface area contributed by atoms with Crippen LogP contribution in [0.5, 0.6) is 0 Å². The van der Waals surface area contributed by atoms with Crippen molar-refractivity contribution in [3.8, 4) is 0 Å². The maximum Gasteiger partial charge on any atom is 0.355 e. The van der Waals surface area contributed by atoms with E-state index in [9.17, 15) is 9.59 Å². The molecule has 0 unspecified atom stereocenters. The summed E-state index contributed by atoms with van der Waals surface area (Å²) in [5, 5.41) is 13.5. The number of morpholine rings is 1. The average molecular weight is 271 g/mol. The Balaban J connectivity index is 1.82. The summed E-state index contributed by atoms with van der Waals surface area (Å²) in [5.74, 6) is -1.06. The van der Waals surface area contributed by atoms with Gasteiger partial charge in [-0.1, -0.05) is 0 Å². The fourth-order valence-electron chi connectivity index (χ4n) is 1.52. The lowest BCUT2D eigenvalue weighted by atomic mass is 10.4. The lowest BCUT2D eigenvalue weighted by Gasteiger charge is -2.26. The fourth-order valence-corrected chi connectivity index (χ4v) is 2.23. The number of urea groups is 1. The van der Waals surface area contributed by atoms with Gasteiger partial charge in [0, 0.05) is 18.5 Å². The van der Waals surface area contributed by atoms with Crippen LogP contribution in [0.25, 0.3) is 0 Å². The van der Waals surface area contributed by atoms with Gasteiger partial charge in [0.2, 0.25) is 0 Å². The van der Waals surface area contributed by atoms with E-state index in [-0.39, 0.29) is 18.3 Å². The van der Waals surface area contributed by atoms with Crippen molar-refractivity contribution in [3.05, 3.63) is 16.1 Å². The summed E-state index contributed by atoms with van der Waals surface area (Å²) in [6.45, 7) is 2.49. The number of carboxylic acids is 1. The first-order chi connectivity index (χ1) is 8.66. The molecule has 0 saturated carbocycles. The van der Waals surface area contributed by atoms with E-state index in [4.69, 9.17) is 9.84 Å². The van der Waals surface area contributed by atoms with Gasteiger partial charge in [0.1, 0.15) is 5.01 Å². The molecule has 0 radical (unpaired) electrons. The second kappa shape index (κ2) is 5.78. The zero-order valence-corrected chi connectivity index (χ0v) is 10.4. The van der Waals surface area contributed by atoms with Crippen molar-refractivity contribution in [2.45, 2.75) is 6.54 Å². The number of nitrogens with one attached hydrogen (secondary N) is 1. The molecule has 1 aromatic rings. The maximum atomic E-state index is 11.7. The largest absolute Gasteiger partial charge is 0.476 e. The maximum absolute atomic E-state index is 11.7. The van der Waals surface area contributed by atoms with Crippen LogP contribution >= 0.6 is 11.3 Å². The molecule has 1 aliphatic heterocycles. The summed E-state index contributed by atoms with van der Waals surface area (Å²) in [6, 6.07) is -0.176. The summed E-state index contributed by atoms with van der Waals surface area (Å²) in [4.78, 5) is 27.9. The summed E-state index contributed by atoms with van der Waals surface area (Å²) < 4.78 is 5.15. The monoisotopic (exact) mass is 271 g/mol. The minimum absolute atomic E-state index is 0.00983. The van der Waals surface area contributed by atoms with Crippen molar-refractivity contribution >= 4 is 23.3 Å². The van der Waals surface area contributed by atoms with E-state index in [1.165, 1.54) is 16.7 Å². The number of rotatable bonds is 3. The van der Waals surface area contributed by atoms with Gasteiger partial charge >= 0.3 is 12.0 Å². The summed E-state index contributed by atoms with van der Waals surface area (Å²) in [6.07, 6.45) is 0. The molecule has 2 N–H and O–H groups in total. The number of carbonyl (C=O) groups excluding carboxylic acids is 1. The lowest BCUT2D eigenvalue weighted by Crippen LogP contribution is -2.45. The van der Waals surface area contributed by atoms with Crippen LogP contribution in [0.3, 0.4) is 0 Å². The molecule has 1 aliphatic rings. The smallest absolute Gasteiger partial charge is 0.355 e. The van der Waals surface area contributed by atoms with Gasteiger partial charge in [0.25, 0.3) is 0 Å². The van der Waals surface area contributed by atoms with Crippen LogP contribution in [-0.4, -0.2) is 53.3 Å². The lowest BCUT2D eigenvalue weighted by molar-refractivity contribution is 0.0531. The van der Waals surface area contributed by atoms with Crippen molar-refractivity contribution in [2.75, 3.05) is 26.3 Å². The molecule has 98 valence electrons. The number of hydrogen-bond acceptors (Lipinski definition) is 5. The fraction of sp³-hybridized carbons (Fsp3) is 0.500. The van der Waals surface area contributed by atoms with E-state index in [0.717, 1.165) is 0 Å². The van der Waals surface area contributed by atoms with E-state index < -0.39 is 5.97 Å². The average Bonchev–Trinajstić information content (AvgIpc) is 2.86. The van der Waals surface area contributed by atoms with Crippen molar-refractivity contribution in [1.29, 1.82) is 0 Å². The normalized spacial score (nSPS) is 15.4. The number of thiazole rings is 1. The van der Waals surface area contributed by atoms with Crippen LogP contribution in [0.4, 0.5) is 4.79 Å². The SMILES string of the molecule is O=C(O)c1csc(CNC(=O)N2CCOCC2)n1. The number of hydrogen-bond donors (Lipinski definition) is 2. The van der Waals surface area contributed by atoms with Crippen LogP contribution in [0.2, 0.25) is 0 Å². The second-order valence-electron chi connectivity index (χ2n) is 3.69. The molecule has 0 aliphatic carbocycles. The molecule has 1 saturated heterocycles. The van der Waals surface area contributed by atoms with Gasteiger partial charge in [-0.25, -0.2) is 14.6 Å². The number of amides is 2. The molecule has 0 bridgehead atoms. The summed E-state index contributed by atoms with van der Waals surface area (Å²) >= 11 is 1.22. The van der Waals surface area contributed by atoms with Crippen molar-refractivity contribution in [1.82, 2.24) is 15.2 Å². The number of carbonyl (C=O) groups is 2. The quantitative estimate of drug-likeness (QED) is 0.829. The van der Waals surface area contributed by atoms with E-state index in [2.05, 4.69) is 10.3 Å². The highest BCUT2D eigenvalue weighted by Crippen LogP contribution is 2.09. The molecule has 0 spiro atoms. The first-order valence-corrected chi connectivity index (χ1v) is 6.33. The Morgan fingerprint density at radius 1 is 1.50 bits per heavy atom. The van der Waals surface area contributed by atoms with Gasteiger partial charge < -0.3 is 20.1 Å². The van der Waals surface area contributed by atoms with Gasteiger partial charge in [-0.3, -0.25) is 0 Å². The molecule has 1 aromatic heterocycles. The molecule has 7 nitrogen and oxygen atoms in total. The van der Waals surface area contributed by atoms with E-state index in [1.807, 2.05) is 0 Å². The van der Waals surface area contributed by atoms with E-state index in [0.29, 0.717) is 31.3 Å². The molecular weight excluding hydrogens is 258 g/mol. The first kappa shape index (κ1) is 12.8. The molecule has 2 amide bonds. The molecule has 2 heterocycles. The van der Waals surface area contributed by atoms with Crippen molar-refractivity contribution in [3.63, 3.8) is 0 Å². The molecule has 1 fully saturated rings. The topological polar surface area (TPSA) is 91.8 Å². The standard InChI is InChI=1S/C10H13N3O4S/c14-9(15)7-6-18-8(12-7)5-11-10(16)13-1-3-17-4-2-13/h6H,1-5H2,(H,11,16)(H,14,15). The van der Waals surface area contributed by atoms with E-state index >= 15 is 0 Å². The number of aromatic nitrogens is 1. The van der Waals surface area contributed by atoms with Gasteiger partial charge in [-0.15, -0.1) is 11.3 Å². The molecule has 2 rings (SSSR count). The zero-order valence-electron chi connectivity index (χ0n) is 9.59. The molecule has 0 aromatic carbocycles. The third-order valence-corrected chi connectivity index (χ3v) is 3.31. The van der Waals surface area contributed by atoms with Crippen molar-refractivity contribution < 1.29 is 19.4 Å². The minimum atomic E-state index is -1.06. The van der Waals surface area contributed by atoms with Crippen LogP contribution in [0, 0.1) is 0 Å². The Hall–Kier alpha value is -1.67. The van der Waals surface area contributed by atoms with E-state index in [1.54, 1.807) is 4.90 Å². The summed E-state index contributed by atoms with van der Waals surface area (Å²) in [5.41, 5.74) is 0.00983. The van der Waals surface area contributed by atoms with Crippen LogP contribution in [-0.2, 0) is 11.3 Å². The minimum Gasteiger partial charge on any atom is -0.476 e. The Labute approximate surface area is 107 Å². The van der Waals surface area contributed by atoms with Gasteiger partial charge in [0.15, 0.2) is 5.69 Å². The number of carboxylic acid groups (broad SMARTS) is 1. The molecule has 18 heavy (non-hydrogen) atoms. The highest BCUT2D eigenvalue weighted by Gasteiger charge is 2.17. The molecule has 0 atom stereocenters. The number of ether oxygens (including phenoxy) is 1. The van der Waals surface area contributed by atoms with Crippen LogP contribution < -0.4 is 5.32 Å². The van der Waals surface area contributed by atoms with Gasteiger partial charge in [0.05, 0.1) is 19.8 Å². The Morgan fingerprint density at radius 2 is 2.22 bits per heavy atom.